The molecule has 82 valence electrons. The van der Waals surface area contributed by atoms with Gasteiger partial charge in [-0.1, -0.05) is 12.1 Å². The van der Waals surface area contributed by atoms with Crippen LogP contribution in [-0.4, -0.2) is 29.0 Å². The van der Waals surface area contributed by atoms with Crippen LogP contribution in [0.1, 0.15) is 12.5 Å². The molecule has 4 heteroatoms. The van der Waals surface area contributed by atoms with Crippen LogP contribution >= 0.6 is 0 Å². The summed E-state index contributed by atoms with van der Waals surface area (Å²) in [5.41, 5.74) is 6.45. The second-order valence-corrected chi connectivity index (χ2v) is 3.65. The van der Waals surface area contributed by atoms with Gasteiger partial charge in [0.1, 0.15) is 5.75 Å². The van der Waals surface area contributed by atoms with Gasteiger partial charge in [0.2, 0.25) is 5.91 Å². The van der Waals surface area contributed by atoms with Gasteiger partial charge in [-0.25, -0.2) is 0 Å². The number of carbonyl (C=O) groups excluding carboxylic acids is 1. The van der Waals surface area contributed by atoms with Gasteiger partial charge in [0, 0.05) is 13.6 Å². The van der Waals surface area contributed by atoms with Gasteiger partial charge in [-0.15, -0.1) is 0 Å². The van der Waals surface area contributed by atoms with Crippen molar-refractivity contribution in [3.05, 3.63) is 29.8 Å². The Labute approximate surface area is 89.3 Å². The Hall–Kier alpha value is -1.55. The Morgan fingerprint density at radius 2 is 2.00 bits per heavy atom. The molecule has 0 heterocycles. The van der Waals surface area contributed by atoms with Crippen LogP contribution in [0.5, 0.6) is 5.75 Å². The quantitative estimate of drug-likeness (QED) is 0.768. The molecule has 0 aliphatic carbocycles. The maximum absolute atomic E-state index is 11.5. The Morgan fingerprint density at radius 1 is 1.47 bits per heavy atom. The largest absolute Gasteiger partial charge is 0.508 e. The third-order valence-corrected chi connectivity index (χ3v) is 2.12. The standard InChI is InChI=1S/C11H16N2O2/c1-8(12)11(15)13(2)7-9-3-5-10(14)6-4-9/h3-6,8,14H,7,12H2,1-2H3. The minimum atomic E-state index is -0.480. The lowest BCUT2D eigenvalue weighted by atomic mass is 10.2. The number of likely N-dealkylation sites (N-methyl/N-ethyl adjacent to an activating group) is 1. The third kappa shape index (κ3) is 3.25. The molecule has 3 N–H and O–H groups in total. The first kappa shape index (κ1) is 11.5. The Bertz CT molecular complexity index is 333. The molecule has 4 nitrogen and oxygen atoms in total. The summed E-state index contributed by atoms with van der Waals surface area (Å²) >= 11 is 0. The van der Waals surface area contributed by atoms with Crippen molar-refractivity contribution in [2.45, 2.75) is 19.5 Å². The summed E-state index contributed by atoms with van der Waals surface area (Å²) in [6.07, 6.45) is 0. The van der Waals surface area contributed by atoms with Gasteiger partial charge in [-0.2, -0.15) is 0 Å². The van der Waals surface area contributed by atoms with Gasteiger partial charge in [-0.05, 0) is 24.6 Å². The Kier molecular flexibility index (Phi) is 3.68. The van der Waals surface area contributed by atoms with Crippen LogP contribution in [0.25, 0.3) is 0 Å². The van der Waals surface area contributed by atoms with Crippen molar-refractivity contribution in [2.75, 3.05) is 7.05 Å². The van der Waals surface area contributed by atoms with E-state index in [1.807, 2.05) is 0 Å². The topological polar surface area (TPSA) is 66.6 Å². The van der Waals surface area contributed by atoms with Crippen LogP contribution in [0.4, 0.5) is 0 Å². The molecule has 1 amide bonds. The SMILES string of the molecule is CC(N)C(=O)N(C)Cc1ccc(O)cc1. The van der Waals surface area contributed by atoms with Crippen LogP contribution in [0.2, 0.25) is 0 Å². The van der Waals surface area contributed by atoms with E-state index in [0.29, 0.717) is 6.54 Å². The second kappa shape index (κ2) is 4.79. The predicted octanol–water partition coefficient (Wildman–Crippen LogP) is 0.698. The van der Waals surface area contributed by atoms with Crippen molar-refractivity contribution in [1.82, 2.24) is 4.90 Å². The summed E-state index contributed by atoms with van der Waals surface area (Å²) in [5.74, 6) is 0.128. The Morgan fingerprint density at radius 3 is 2.47 bits per heavy atom. The maximum atomic E-state index is 11.5. The van der Waals surface area contributed by atoms with Crippen LogP contribution < -0.4 is 5.73 Å². The van der Waals surface area contributed by atoms with E-state index in [9.17, 15) is 4.79 Å². The molecule has 1 unspecified atom stereocenters. The zero-order valence-electron chi connectivity index (χ0n) is 8.97. The van der Waals surface area contributed by atoms with Gasteiger partial charge in [0.15, 0.2) is 0 Å². The lowest BCUT2D eigenvalue weighted by molar-refractivity contribution is -0.131. The minimum absolute atomic E-state index is 0.0944. The van der Waals surface area contributed by atoms with E-state index in [1.165, 1.54) is 0 Å². The summed E-state index contributed by atoms with van der Waals surface area (Å²) in [6, 6.07) is 6.27. The number of rotatable bonds is 3. The molecule has 0 aromatic heterocycles. The van der Waals surface area contributed by atoms with Crippen molar-refractivity contribution < 1.29 is 9.90 Å². The first-order valence-electron chi connectivity index (χ1n) is 4.79. The van der Waals surface area contributed by atoms with Crippen LogP contribution in [0.3, 0.4) is 0 Å². The minimum Gasteiger partial charge on any atom is -0.508 e. The number of carbonyl (C=O) groups is 1. The summed E-state index contributed by atoms with van der Waals surface area (Å²) < 4.78 is 0. The number of nitrogens with zero attached hydrogens (tertiary/aromatic N) is 1. The van der Waals surface area contributed by atoms with E-state index in [0.717, 1.165) is 5.56 Å². The molecular weight excluding hydrogens is 192 g/mol. The van der Waals surface area contributed by atoms with Gasteiger partial charge >= 0.3 is 0 Å². The zero-order chi connectivity index (χ0) is 11.4. The zero-order valence-corrected chi connectivity index (χ0v) is 8.97. The second-order valence-electron chi connectivity index (χ2n) is 3.65. The highest BCUT2D eigenvalue weighted by Crippen LogP contribution is 2.11. The summed E-state index contributed by atoms with van der Waals surface area (Å²) in [4.78, 5) is 13.0. The van der Waals surface area contributed by atoms with Gasteiger partial charge in [0.05, 0.1) is 6.04 Å². The molecule has 0 radical (unpaired) electrons. The molecule has 0 saturated heterocycles. The van der Waals surface area contributed by atoms with E-state index in [2.05, 4.69) is 0 Å². The third-order valence-electron chi connectivity index (χ3n) is 2.12. The number of phenolic OH excluding ortho intramolecular Hbond substituents is 1. The Balaban J connectivity index is 2.62. The molecule has 1 aromatic carbocycles. The van der Waals surface area contributed by atoms with Gasteiger partial charge < -0.3 is 15.7 Å². The van der Waals surface area contributed by atoms with E-state index in [4.69, 9.17) is 10.8 Å². The summed E-state index contributed by atoms with van der Waals surface area (Å²) in [6.45, 7) is 2.16. The number of aromatic hydroxyl groups is 1. The fourth-order valence-electron chi connectivity index (χ4n) is 1.30. The molecule has 0 aliphatic heterocycles. The highest BCUT2D eigenvalue weighted by molar-refractivity contribution is 5.80. The molecule has 0 bridgehead atoms. The summed E-state index contributed by atoms with van der Waals surface area (Å²) in [7, 11) is 1.71. The fourth-order valence-corrected chi connectivity index (χ4v) is 1.30. The number of hydrogen-bond donors (Lipinski definition) is 2. The molecular formula is C11H16N2O2. The van der Waals surface area contributed by atoms with Gasteiger partial charge in [0.25, 0.3) is 0 Å². The number of benzene rings is 1. The fraction of sp³-hybridized carbons (Fsp3) is 0.364. The monoisotopic (exact) mass is 208 g/mol. The predicted molar refractivity (Wildman–Crippen MR) is 58.2 cm³/mol. The van der Waals surface area contributed by atoms with Crippen molar-refractivity contribution in [2.24, 2.45) is 5.73 Å². The average Bonchev–Trinajstić information content (AvgIpc) is 2.20. The molecule has 0 saturated carbocycles. The van der Waals surface area contributed by atoms with E-state index >= 15 is 0 Å². The van der Waals surface area contributed by atoms with Gasteiger partial charge in [-0.3, -0.25) is 4.79 Å². The summed E-state index contributed by atoms with van der Waals surface area (Å²) in [5, 5.41) is 9.09. The number of amides is 1. The normalized spacial score (nSPS) is 12.2. The van der Waals surface area contributed by atoms with Crippen molar-refractivity contribution >= 4 is 5.91 Å². The number of nitrogens with two attached hydrogens (primary N) is 1. The first-order valence-corrected chi connectivity index (χ1v) is 4.79. The molecule has 15 heavy (non-hydrogen) atoms. The van der Waals surface area contributed by atoms with Crippen molar-refractivity contribution in [3.63, 3.8) is 0 Å². The van der Waals surface area contributed by atoms with E-state index < -0.39 is 6.04 Å². The smallest absolute Gasteiger partial charge is 0.239 e. The maximum Gasteiger partial charge on any atom is 0.239 e. The molecule has 1 aromatic rings. The number of hydrogen-bond acceptors (Lipinski definition) is 3. The molecule has 1 rings (SSSR count). The van der Waals surface area contributed by atoms with Crippen molar-refractivity contribution in [1.29, 1.82) is 0 Å². The number of phenols is 1. The van der Waals surface area contributed by atoms with Crippen LogP contribution in [-0.2, 0) is 11.3 Å². The van der Waals surface area contributed by atoms with E-state index in [-0.39, 0.29) is 11.7 Å². The van der Waals surface area contributed by atoms with Crippen LogP contribution in [0, 0.1) is 0 Å². The average molecular weight is 208 g/mol. The van der Waals surface area contributed by atoms with Crippen LogP contribution in [0.15, 0.2) is 24.3 Å². The molecule has 1 atom stereocenters. The van der Waals surface area contributed by atoms with Crippen molar-refractivity contribution in [3.8, 4) is 5.75 Å². The highest BCUT2D eigenvalue weighted by atomic mass is 16.3. The highest BCUT2D eigenvalue weighted by Gasteiger charge is 2.13. The molecule has 0 aliphatic rings. The lowest BCUT2D eigenvalue weighted by Crippen LogP contribution is -2.39. The van der Waals surface area contributed by atoms with E-state index in [1.54, 1.807) is 43.1 Å². The first-order chi connectivity index (χ1) is 7.00. The lowest BCUT2D eigenvalue weighted by Gasteiger charge is -2.19. The molecule has 0 spiro atoms. The molecule has 0 fully saturated rings.